The molecule has 4 heteroatoms. The van der Waals surface area contributed by atoms with Crippen LogP contribution < -0.4 is 5.32 Å². The molecule has 0 amide bonds. The predicted octanol–water partition coefficient (Wildman–Crippen LogP) is 1.49. The maximum absolute atomic E-state index is 11.3. The number of aryl methyl sites for hydroxylation is 1. The number of likely N-dealkylation sites (N-methyl/N-ethyl adjacent to an activating group) is 1. The van der Waals surface area contributed by atoms with Crippen LogP contribution in [0.5, 0.6) is 0 Å². The lowest BCUT2D eigenvalue weighted by Gasteiger charge is -2.10. The van der Waals surface area contributed by atoms with Gasteiger partial charge in [-0.15, -0.1) is 11.3 Å². The molecule has 0 aliphatic rings. The number of esters is 1. The number of thiophene rings is 1. The molecule has 0 saturated heterocycles. The summed E-state index contributed by atoms with van der Waals surface area (Å²) in [5.74, 6) is -0.246. The zero-order chi connectivity index (χ0) is 9.84. The maximum Gasteiger partial charge on any atom is 0.328 e. The zero-order valence-corrected chi connectivity index (χ0v) is 8.77. The SMILES string of the molecule is CNC(C(=O)OC)c1ccc(C)s1. The van der Waals surface area contributed by atoms with Crippen molar-refractivity contribution >= 4 is 17.3 Å². The second-order valence-corrected chi connectivity index (χ2v) is 4.01. The van der Waals surface area contributed by atoms with Crippen molar-refractivity contribution in [1.29, 1.82) is 0 Å². The van der Waals surface area contributed by atoms with Crippen molar-refractivity contribution < 1.29 is 9.53 Å². The molecule has 72 valence electrons. The van der Waals surface area contributed by atoms with Crippen molar-refractivity contribution in [3.63, 3.8) is 0 Å². The Kier molecular flexibility index (Phi) is 3.45. The van der Waals surface area contributed by atoms with Gasteiger partial charge in [0, 0.05) is 9.75 Å². The fourth-order valence-electron chi connectivity index (χ4n) is 1.10. The number of carbonyl (C=O) groups is 1. The molecule has 1 rings (SSSR count). The van der Waals surface area contributed by atoms with Gasteiger partial charge in [0.2, 0.25) is 0 Å². The third-order valence-corrected chi connectivity index (χ3v) is 2.84. The third kappa shape index (κ3) is 2.29. The normalized spacial score (nSPS) is 12.5. The smallest absolute Gasteiger partial charge is 0.328 e. The van der Waals surface area contributed by atoms with Gasteiger partial charge in [0.25, 0.3) is 0 Å². The molecular weight excluding hydrogens is 186 g/mol. The van der Waals surface area contributed by atoms with Crippen molar-refractivity contribution in [2.75, 3.05) is 14.2 Å². The highest BCUT2D eigenvalue weighted by Crippen LogP contribution is 2.23. The van der Waals surface area contributed by atoms with Crippen LogP contribution in [0.25, 0.3) is 0 Å². The van der Waals surface area contributed by atoms with Crippen molar-refractivity contribution in [2.45, 2.75) is 13.0 Å². The zero-order valence-electron chi connectivity index (χ0n) is 7.96. The minimum absolute atomic E-state index is 0.246. The second-order valence-electron chi connectivity index (χ2n) is 2.69. The monoisotopic (exact) mass is 199 g/mol. The molecule has 1 aromatic heterocycles. The molecule has 0 aliphatic heterocycles. The summed E-state index contributed by atoms with van der Waals surface area (Å²) in [6.45, 7) is 2.01. The van der Waals surface area contributed by atoms with Gasteiger partial charge in [0.1, 0.15) is 6.04 Å². The van der Waals surface area contributed by atoms with Gasteiger partial charge in [-0.1, -0.05) is 0 Å². The molecule has 13 heavy (non-hydrogen) atoms. The van der Waals surface area contributed by atoms with Gasteiger partial charge in [0.05, 0.1) is 7.11 Å². The predicted molar refractivity (Wildman–Crippen MR) is 52.9 cm³/mol. The van der Waals surface area contributed by atoms with Gasteiger partial charge in [-0.25, -0.2) is 4.79 Å². The standard InChI is InChI=1S/C9H13NO2S/c1-6-4-5-7(13-6)8(10-2)9(11)12-3/h4-5,8,10H,1-3H3. The molecule has 0 saturated carbocycles. The van der Waals surface area contributed by atoms with Crippen molar-refractivity contribution in [3.05, 3.63) is 21.9 Å². The van der Waals surface area contributed by atoms with Crippen LogP contribution in [0.1, 0.15) is 15.8 Å². The lowest BCUT2D eigenvalue weighted by atomic mass is 10.2. The van der Waals surface area contributed by atoms with Crippen LogP contribution in [-0.2, 0) is 9.53 Å². The Morgan fingerprint density at radius 2 is 2.31 bits per heavy atom. The van der Waals surface area contributed by atoms with E-state index in [4.69, 9.17) is 0 Å². The molecular formula is C9H13NO2S. The third-order valence-electron chi connectivity index (χ3n) is 1.77. The number of rotatable bonds is 3. The number of hydrogen-bond donors (Lipinski definition) is 1. The highest BCUT2D eigenvalue weighted by atomic mass is 32.1. The van der Waals surface area contributed by atoms with E-state index in [1.165, 1.54) is 12.0 Å². The largest absolute Gasteiger partial charge is 0.468 e. The first kappa shape index (κ1) is 10.2. The van der Waals surface area contributed by atoms with Crippen LogP contribution in [-0.4, -0.2) is 20.1 Å². The minimum Gasteiger partial charge on any atom is -0.468 e. The van der Waals surface area contributed by atoms with Gasteiger partial charge < -0.3 is 10.1 Å². The quantitative estimate of drug-likeness (QED) is 0.749. The van der Waals surface area contributed by atoms with E-state index in [1.807, 2.05) is 19.1 Å². The minimum atomic E-state index is -0.330. The summed E-state index contributed by atoms with van der Waals surface area (Å²) in [5, 5.41) is 2.92. The van der Waals surface area contributed by atoms with Gasteiger partial charge in [-0.3, -0.25) is 0 Å². The van der Waals surface area contributed by atoms with E-state index >= 15 is 0 Å². The first-order chi connectivity index (χ1) is 6.19. The Bertz CT molecular complexity index is 296. The van der Waals surface area contributed by atoms with Gasteiger partial charge in [0.15, 0.2) is 0 Å². The number of methoxy groups -OCH3 is 1. The molecule has 1 aromatic rings. The Morgan fingerprint density at radius 1 is 1.62 bits per heavy atom. The summed E-state index contributed by atoms with van der Waals surface area (Å²) < 4.78 is 4.67. The average molecular weight is 199 g/mol. The highest BCUT2D eigenvalue weighted by molar-refractivity contribution is 7.12. The lowest BCUT2D eigenvalue weighted by Crippen LogP contribution is -2.25. The van der Waals surface area contributed by atoms with Crippen LogP contribution in [0.2, 0.25) is 0 Å². The van der Waals surface area contributed by atoms with Crippen LogP contribution in [0.4, 0.5) is 0 Å². The summed E-state index contributed by atoms with van der Waals surface area (Å²) in [6, 6.07) is 3.61. The summed E-state index contributed by atoms with van der Waals surface area (Å²) in [5.41, 5.74) is 0. The van der Waals surface area contributed by atoms with Crippen molar-refractivity contribution in [1.82, 2.24) is 5.32 Å². The number of ether oxygens (including phenoxy) is 1. The van der Waals surface area contributed by atoms with E-state index in [0.717, 1.165) is 4.88 Å². The second kappa shape index (κ2) is 4.39. The molecule has 0 aromatic carbocycles. The average Bonchev–Trinajstić information content (AvgIpc) is 2.53. The number of nitrogens with one attached hydrogen (secondary N) is 1. The molecule has 0 radical (unpaired) electrons. The van der Waals surface area contributed by atoms with Crippen molar-refractivity contribution in [3.8, 4) is 0 Å². The Morgan fingerprint density at radius 3 is 2.69 bits per heavy atom. The van der Waals surface area contributed by atoms with E-state index in [0.29, 0.717) is 0 Å². The molecule has 0 spiro atoms. The summed E-state index contributed by atoms with van der Waals surface area (Å²) >= 11 is 1.60. The van der Waals surface area contributed by atoms with Crippen LogP contribution in [0, 0.1) is 6.92 Å². The molecule has 0 fully saturated rings. The molecule has 1 unspecified atom stereocenters. The Hall–Kier alpha value is -0.870. The molecule has 1 heterocycles. The molecule has 1 N–H and O–H groups in total. The van der Waals surface area contributed by atoms with Crippen LogP contribution >= 0.6 is 11.3 Å². The molecule has 0 bridgehead atoms. The fourth-order valence-corrected chi connectivity index (χ4v) is 2.08. The van der Waals surface area contributed by atoms with Crippen molar-refractivity contribution in [2.24, 2.45) is 0 Å². The summed E-state index contributed by atoms with van der Waals surface area (Å²) in [6.07, 6.45) is 0. The number of hydrogen-bond acceptors (Lipinski definition) is 4. The lowest BCUT2D eigenvalue weighted by molar-refractivity contribution is -0.143. The molecule has 1 atom stereocenters. The first-order valence-corrected chi connectivity index (χ1v) is 4.82. The molecule has 3 nitrogen and oxygen atoms in total. The topological polar surface area (TPSA) is 38.3 Å². The summed E-state index contributed by atoms with van der Waals surface area (Å²) in [4.78, 5) is 13.5. The Balaban J connectivity index is 2.84. The molecule has 0 aliphatic carbocycles. The van der Waals surface area contributed by atoms with E-state index < -0.39 is 0 Å². The van der Waals surface area contributed by atoms with E-state index in [-0.39, 0.29) is 12.0 Å². The van der Waals surface area contributed by atoms with Gasteiger partial charge in [-0.2, -0.15) is 0 Å². The van der Waals surface area contributed by atoms with Gasteiger partial charge >= 0.3 is 5.97 Å². The fraction of sp³-hybridized carbons (Fsp3) is 0.444. The van der Waals surface area contributed by atoms with E-state index in [9.17, 15) is 4.79 Å². The number of carbonyl (C=O) groups excluding carboxylic acids is 1. The van der Waals surface area contributed by atoms with Gasteiger partial charge in [-0.05, 0) is 26.1 Å². The van der Waals surface area contributed by atoms with E-state index in [1.54, 1.807) is 18.4 Å². The van der Waals surface area contributed by atoms with Crippen LogP contribution in [0.15, 0.2) is 12.1 Å². The van der Waals surface area contributed by atoms with Crippen LogP contribution in [0.3, 0.4) is 0 Å². The maximum atomic E-state index is 11.3. The van der Waals surface area contributed by atoms with E-state index in [2.05, 4.69) is 10.1 Å². The summed E-state index contributed by atoms with van der Waals surface area (Å²) in [7, 11) is 3.14. The Labute approximate surface area is 81.7 Å². The first-order valence-electron chi connectivity index (χ1n) is 4.00. The highest BCUT2D eigenvalue weighted by Gasteiger charge is 2.20.